The van der Waals surface area contributed by atoms with Gasteiger partial charge in [-0.15, -0.1) is 0 Å². The van der Waals surface area contributed by atoms with Gasteiger partial charge in [0.25, 0.3) is 0 Å². The van der Waals surface area contributed by atoms with Crippen molar-refractivity contribution >= 4 is 27.9 Å². The van der Waals surface area contributed by atoms with Crippen molar-refractivity contribution in [2.75, 3.05) is 19.6 Å². The van der Waals surface area contributed by atoms with Crippen LogP contribution >= 0.6 is 15.9 Å². The van der Waals surface area contributed by atoms with Crippen LogP contribution in [-0.4, -0.2) is 59.6 Å². The Bertz CT molecular complexity index is 814. The molecule has 1 aromatic rings. The van der Waals surface area contributed by atoms with Gasteiger partial charge in [0, 0.05) is 23.5 Å². The molecule has 33 heavy (non-hydrogen) atoms. The van der Waals surface area contributed by atoms with Crippen LogP contribution < -0.4 is 10.1 Å². The van der Waals surface area contributed by atoms with E-state index in [1.165, 1.54) is 16.9 Å². The van der Waals surface area contributed by atoms with E-state index in [1.807, 2.05) is 19.9 Å². The molecule has 2 aliphatic heterocycles. The van der Waals surface area contributed by atoms with Crippen LogP contribution in [0, 0.1) is 5.92 Å². The lowest BCUT2D eigenvalue weighted by molar-refractivity contribution is -0.132. The summed E-state index contributed by atoms with van der Waals surface area (Å²) in [5.41, 5.74) is 1.31. The monoisotopic (exact) mass is 519 g/mol. The Morgan fingerprint density at radius 2 is 1.82 bits per heavy atom. The number of benzene rings is 1. The fourth-order valence-electron chi connectivity index (χ4n) is 5.59. The SMILES string of the molecule is CC(C)Oc1ccc(Br)c(CC2CCN(CC3CC(=O)N(C4CCCCC4)C(=O)N3)CC2)c1. The lowest BCUT2D eigenvalue weighted by Gasteiger charge is -2.40. The van der Waals surface area contributed by atoms with Gasteiger partial charge in [0.05, 0.1) is 12.1 Å². The molecule has 1 saturated carbocycles. The number of likely N-dealkylation sites (tertiary alicyclic amines) is 1. The van der Waals surface area contributed by atoms with Gasteiger partial charge in [0.15, 0.2) is 0 Å². The molecule has 1 atom stereocenters. The Labute approximate surface area is 206 Å². The van der Waals surface area contributed by atoms with E-state index >= 15 is 0 Å². The number of carbonyl (C=O) groups excluding carboxylic acids is 2. The average molecular weight is 521 g/mol. The van der Waals surface area contributed by atoms with Crippen molar-refractivity contribution < 1.29 is 14.3 Å². The van der Waals surface area contributed by atoms with Crippen LogP contribution in [0.5, 0.6) is 5.75 Å². The molecule has 0 aromatic heterocycles. The Morgan fingerprint density at radius 1 is 1.09 bits per heavy atom. The molecular formula is C26H38BrN3O3. The number of nitrogens with zero attached hydrogens (tertiary/aromatic N) is 2. The van der Waals surface area contributed by atoms with E-state index in [0.29, 0.717) is 12.3 Å². The normalized spacial score (nSPS) is 23.8. The summed E-state index contributed by atoms with van der Waals surface area (Å²) < 4.78 is 7.02. The maximum absolute atomic E-state index is 12.8. The number of imide groups is 1. The second-order valence-electron chi connectivity index (χ2n) is 10.3. The minimum absolute atomic E-state index is 0.0129. The summed E-state index contributed by atoms with van der Waals surface area (Å²) in [7, 11) is 0. The molecule has 3 fully saturated rings. The Balaban J connectivity index is 1.25. The van der Waals surface area contributed by atoms with E-state index in [1.54, 1.807) is 0 Å². The van der Waals surface area contributed by atoms with Crippen molar-refractivity contribution in [1.82, 2.24) is 15.1 Å². The summed E-state index contributed by atoms with van der Waals surface area (Å²) in [5, 5.41) is 3.13. The van der Waals surface area contributed by atoms with Gasteiger partial charge in [-0.1, -0.05) is 35.2 Å². The number of amides is 3. The van der Waals surface area contributed by atoms with Crippen molar-refractivity contribution in [1.29, 1.82) is 0 Å². The molecule has 1 unspecified atom stereocenters. The van der Waals surface area contributed by atoms with E-state index in [-0.39, 0.29) is 30.1 Å². The van der Waals surface area contributed by atoms with Crippen LogP contribution in [0.25, 0.3) is 0 Å². The second-order valence-corrected chi connectivity index (χ2v) is 11.1. The minimum atomic E-state index is -0.175. The van der Waals surface area contributed by atoms with Gasteiger partial charge in [0.2, 0.25) is 5.91 Å². The highest BCUT2D eigenvalue weighted by Crippen LogP contribution is 2.30. The highest BCUT2D eigenvalue weighted by molar-refractivity contribution is 9.10. The largest absolute Gasteiger partial charge is 0.491 e. The molecule has 0 bridgehead atoms. The molecule has 1 aromatic carbocycles. The predicted molar refractivity (Wildman–Crippen MR) is 133 cm³/mol. The number of nitrogens with one attached hydrogen (secondary N) is 1. The Hall–Kier alpha value is -1.60. The van der Waals surface area contributed by atoms with Gasteiger partial charge in [-0.3, -0.25) is 9.69 Å². The van der Waals surface area contributed by atoms with Crippen molar-refractivity contribution in [3.63, 3.8) is 0 Å². The molecule has 1 aliphatic carbocycles. The summed E-state index contributed by atoms with van der Waals surface area (Å²) in [6.45, 7) is 6.89. The van der Waals surface area contributed by atoms with Crippen LogP contribution in [0.15, 0.2) is 22.7 Å². The summed E-state index contributed by atoms with van der Waals surface area (Å²) >= 11 is 3.70. The molecule has 7 heteroatoms. The number of ether oxygens (including phenoxy) is 1. The highest BCUT2D eigenvalue weighted by Gasteiger charge is 2.37. The van der Waals surface area contributed by atoms with Crippen LogP contribution in [0.4, 0.5) is 4.79 Å². The topological polar surface area (TPSA) is 61.9 Å². The van der Waals surface area contributed by atoms with Gasteiger partial charge >= 0.3 is 6.03 Å². The number of carbonyl (C=O) groups is 2. The number of piperidine rings is 1. The zero-order valence-corrected chi connectivity index (χ0v) is 21.6. The third kappa shape index (κ3) is 6.50. The highest BCUT2D eigenvalue weighted by atomic mass is 79.9. The average Bonchev–Trinajstić information content (AvgIpc) is 2.77. The Kier molecular flexibility index (Phi) is 8.34. The maximum atomic E-state index is 12.8. The third-order valence-corrected chi connectivity index (χ3v) is 8.03. The lowest BCUT2D eigenvalue weighted by Crippen LogP contribution is -2.60. The molecule has 182 valence electrons. The molecular weight excluding hydrogens is 482 g/mol. The van der Waals surface area contributed by atoms with E-state index in [2.05, 4.69) is 38.3 Å². The first-order valence-corrected chi connectivity index (χ1v) is 13.5. The number of rotatable bonds is 7. The van der Waals surface area contributed by atoms with E-state index < -0.39 is 0 Å². The molecule has 4 rings (SSSR count). The molecule has 1 N–H and O–H groups in total. The first kappa shape index (κ1) is 24.5. The smallest absolute Gasteiger partial charge is 0.324 e. The van der Waals surface area contributed by atoms with E-state index in [9.17, 15) is 9.59 Å². The van der Waals surface area contributed by atoms with Crippen molar-refractivity contribution in [3.05, 3.63) is 28.2 Å². The second kappa shape index (κ2) is 11.2. The fraction of sp³-hybridized carbons (Fsp3) is 0.692. The number of urea groups is 1. The molecule has 3 amide bonds. The predicted octanol–water partition coefficient (Wildman–Crippen LogP) is 5.13. The van der Waals surface area contributed by atoms with Crippen LogP contribution in [0.2, 0.25) is 0 Å². The van der Waals surface area contributed by atoms with Crippen LogP contribution in [0.3, 0.4) is 0 Å². The van der Waals surface area contributed by atoms with Crippen molar-refractivity contribution in [3.8, 4) is 5.75 Å². The quantitative estimate of drug-likeness (QED) is 0.542. The molecule has 2 saturated heterocycles. The molecule has 0 spiro atoms. The zero-order valence-electron chi connectivity index (χ0n) is 20.0. The molecule has 0 radical (unpaired) electrons. The number of halogens is 1. The lowest BCUT2D eigenvalue weighted by atomic mass is 9.89. The van der Waals surface area contributed by atoms with Gasteiger partial charge in [-0.2, -0.15) is 0 Å². The van der Waals surface area contributed by atoms with Crippen molar-refractivity contribution in [2.24, 2.45) is 5.92 Å². The first-order chi connectivity index (χ1) is 15.9. The first-order valence-electron chi connectivity index (χ1n) is 12.7. The van der Waals surface area contributed by atoms with Crippen LogP contribution in [-0.2, 0) is 11.2 Å². The maximum Gasteiger partial charge on any atom is 0.324 e. The van der Waals surface area contributed by atoms with E-state index in [4.69, 9.17) is 4.74 Å². The summed E-state index contributed by atoms with van der Waals surface area (Å²) in [6.07, 6.45) is 9.26. The molecule has 6 nitrogen and oxygen atoms in total. The van der Waals surface area contributed by atoms with Gasteiger partial charge in [-0.05, 0) is 88.7 Å². The van der Waals surface area contributed by atoms with Crippen LogP contribution in [0.1, 0.15) is 70.8 Å². The van der Waals surface area contributed by atoms with E-state index in [0.717, 1.165) is 74.8 Å². The van der Waals surface area contributed by atoms with Gasteiger partial charge in [0.1, 0.15) is 5.75 Å². The molecule has 2 heterocycles. The Morgan fingerprint density at radius 3 is 2.48 bits per heavy atom. The number of hydrogen-bond donors (Lipinski definition) is 1. The number of hydrogen-bond acceptors (Lipinski definition) is 4. The zero-order chi connectivity index (χ0) is 23.4. The fourth-order valence-corrected chi connectivity index (χ4v) is 5.99. The standard InChI is InChI=1S/C26H38BrN3O3/c1-18(2)33-23-8-9-24(27)20(15-23)14-19-10-12-29(13-11-19)17-21-16-25(31)30(26(32)28-21)22-6-4-3-5-7-22/h8-9,15,18-19,21-22H,3-7,10-14,16-17H2,1-2H3,(H,28,32). The molecule has 3 aliphatic rings. The summed E-state index contributed by atoms with van der Waals surface area (Å²) in [5.74, 6) is 1.58. The van der Waals surface area contributed by atoms with Gasteiger partial charge in [-0.25, -0.2) is 4.79 Å². The third-order valence-electron chi connectivity index (χ3n) is 7.26. The van der Waals surface area contributed by atoms with Crippen molar-refractivity contribution in [2.45, 2.75) is 89.8 Å². The summed E-state index contributed by atoms with van der Waals surface area (Å²) in [6, 6.07) is 6.13. The summed E-state index contributed by atoms with van der Waals surface area (Å²) in [4.78, 5) is 29.4. The van der Waals surface area contributed by atoms with Gasteiger partial charge < -0.3 is 15.0 Å². The minimum Gasteiger partial charge on any atom is -0.491 e.